The number of methoxy groups -OCH3 is 2. The van der Waals surface area contributed by atoms with Crippen LogP contribution in [0.2, 0.25) is 0 Å². The van der Waals surface area contributed by atoms with Crippen LogP contribution in [0.4, 0.5) is 0 Å². The summed E-state index contributed by atoms with van der Waals surface area (Å²) in [6.45, 7) is 1.70. The fraction of sp³-hybridized carbons (Fsp3) is 0.300. The van der Waals surface area contributed by atoms with Gasteiger partial charge in [-0.15, -0.1) is 11.8 Å². The normalized spacial score (nSPS) is 12.7. The molecule has 1 unspecified atom stereocenters. The standard InChI is InChI=1S/C20H23NO5S/c1-20(12-19(23)24,14-5-4-6-16(11-14)26-3)21-18(22)13-27-17-9-7-15(25-2)8-10-17/h4-11H,12-13H2,1-3H3,(H,21,22)(H,23,24). The summed E-state index contributed by atoms with van der Waals surface area (Å²) >= 11 is 1.37. The van der Waals surface area contributed by atoms with Crippen molar-refractivity contribution < 1.29 is 24.2 Å². The smallest absolute Gasteiger partial charge is 0.306 e. The van der Waals surface area contributed by atoms with Crippen molar-refractivity contribution in [2.24, 2.45) is 0 Å². The number of aliphatic carboxylic acids is 1. The quantitative estimate of drug-likeness (QED) is 0.640. The number of carboxylic acids is 1. The molecule has 2 N–H and O–H groups in total. The molecule has 0 saturated heterocycles. The molecule has 2 aromatic rings. The second-order valence-corrected chi connectivity index (χ2v) is 7.20. The zero-order chi connectivity index (χ0) is 19.9. The van der Waals surface area contributed by atoms with Crippen LogP contribution in [-0.2, 0) is 15.1 Å². The van der Waals surface area contributed by atoms with Crippen molar-refractivity contribution in [1.29, 1.82) is 0 Å². The summed E-state index contributed by atoms with van der Waals surface area (Å²) in [5, 5.41) is 12.2. The fourth-order valence-corrected chi connectivity index (χ4v) is 3.35. The second-order valence-electron chi connectivity index (χ2n) is 6.15. The first kappa shape index (κ1) is 20.6. The Kier molecular flexibility index (Phi) is 7.12. The van der Waals surface area contributed by atoms with E-state index in [9.17, 15) is 14.7 Å². The van der Waals surface area contributed by atoms with Gasteiger partial charge < -0.3 is 19.9 Å². The van der Waals surface area contributed by atoms with Gasteiger partial charge in [0.25, 0.3) is 0 Å². The maximum absolute atomic E-state index is 12.5. The average Bonchev–Trinajstić information content (AvgIpc) is 2.66. The maximum atomic E-state index is 12.5. The number of benzene rings is 2. The molecule has 2 rings (SSSR count). The Morgan fingerprint density at radius 2 is 1.74 bits per heavy atom. The SMILES string of the molecule is COc1ccc(SCC(=O)NC(C)(CC(=O)O)c2cccc(OC)c2)cc1. The molecule has 144 valence electrons. The first-order chi connectivity index (χ1) is 12.9. The number of rotatable bonds is 9. The van der Waals surface area contributed by atoms with E-state index in [1.807, 2.05) is 24.3 Å². The minimum Gasteiger partial charge on any atom is -0.497 e. The molecule has 7 heteroatoms. The monoisotopic (exact) mass is 389 g/mol. The number of nitrogens with one attached hydrogen (secondary N) is 1. The summed E-state index contributed by atoms with van der Waals surface area (Å²) < 4.78 is 10.3. The molecule has 0 bridgehead atoms. The number of carbonyl (C=O) groups is 2. The molecule has 6 nitrogen and oxygen atoms in total. The van der Waals surface area contributed by atoms with E-state index >= 15 is 0 Å². The highest BCUT2D eigenvalue weighted by atomic mass is 32.2. The van der Waals surface area contributed by atoms with Crippen LogP contribution >= 0.6 is 11.8 Å². The van der Waals surface area contributed by atoms with Crippen molar-refractivity contribution in [3.8, 4) is 11.5 Å². The Labute approximate surface area is 162 Å². The second kappa shape index (κ2) is 9.32. The van der Waals surface area contributed by atoms with E-state index in [1.54, 1.807) is 38.3 Å². The van der Waals surface area contributed by atoms with Crippen molar-refractivity contribution in [2.75, 3.05) is 20.0 Å². The number of ether oxygens (including phenoxy) is 2. The Balaban J connectivity index is 2.09. The Hall–Kier alpha value is -2.67. The van der Waals surface area contributed by atoms with Crippen molar-refractivity contribution in [1.82, 2.24) is 5.32 Å². The summed E-state index contributed by atoms with van der Waals surface area (Å²) in [5.74, 6) is 0.276. The third-order valence-electron chi connectivity index (χ3n) is 4.06. The molecule has 27 heavy (non-hydrogen) atoms. The first-order valence-electron chi connectivity index (χ1n) is 8.30. The molecule has 0 radical (unpaired) electrons. The highest BCUT2D eigenvalue weighted by Crippen LogP contribution is 2.28. The lowest BCUT2D eigenvalue weighted by Crippen LogP contribution is -2.45. The molecule has 0 spiro atoms. The van der Waals surface area contributed by atoms with Gasteiger partial charge in [0, 0.05) is 4.90 Å². The summed E-state index contributed by atoms with van der Waals surface area (Å²) in [6, 6.07) is 14.4. The summed E-state index contributed by atoms with van der Waals surface area (Å²) in [7, 11) is 3.13. The van der Waals surface area contributed by atoms with Crippen LogP contribution in [0.5, 0.6) is 11.5 Å². The fourth-order valence-electron chi connectivity index (χ4n) is 2.65. The van der Waals surface area contributed by atoms with Gasteiger partial charge in [-0.2, -0.15) is 0 Å². The lowest BCUT2D eigenvalue weighted by molar-refractivity contribution is -0.139. The number of amides is 1. The largest absolute Gasteiger partial charge is 0.497 e. The molecule has 0 fully saturated rings. The van der Waals surface area contributed by atoms with Gasteiger partial charge in [0.1, 0.15) is 11.5 Å². The minimum atomic E-state index is -1.04. The van der Waals surface area contributed by atoms with Crippen molar-refractivity contribution >= 4 is 23.6 Å². The Bertz CT molecular complexity index is 793. The number of hydrogen-bond donors (Lipinski definition) is 2. The molecule has 0 aromatic heterocycles. The van der Waals surface area contributed by atoms with E-state index in [1.165, 1.54) is 18.9 Å². The van der Waals surface area contributed by atoms with E-state index in [0.717, 1.165) is 10.6 Å². The van der Waals surface area contributed by atoms with Gasteiger partial charge in [-0.1, -0.05) is 12.1 Å². The predicted molar refractivity (Wildman–Crippen MR) is 104 cm³/mol. The zero-order valence-corrected chi connectivity index (χ0v) is 16.3. The van der Waals surface area contributed by atoms with Gasteiger partial charge in [0.05, 0.1) is 31.9 Å². The minimum absolute atomic E-state index is 0.172. The molecule has 0 saturated carbocycles. The molecular formula is C20H23NO5S. The number of carboxylic acid groups (broad SMARTS) is 1. The third-order valence-corrected chi connectivity index (χ3v) is 5.07. The number of hydrogen-bond acceptors (Lipinski definition) is 5. The van der Waals surface area contributed by atoms with Crippen LogP contribution in [-0.4, -0.2) is 37.0 Å². The van der Waals surface area contributed by atoms with E-state index < -0.39 is 11.5 Å². The Morgan fingerprint density at radius 1 is 1.07 bits per heavy atom. The predicted octanol–water partition coefficient (Wildman–Crippen LogP) is 3.30. The highest BCUT2D eigenvalue weighted by molar-refractivity contribution is 8.00. The Morgan fingerprint density at radius 3 is 2.33 bits per heavy atom. The van der Waals surface area contributed by atoms with Crippen LogP contribution in [0.25, 0.3) is 0 Å². The van der Waals surface area contributed by atoms with Gasteiger partial charge in [0.2, 0.25) is 5.91 Å². The van der Waals surface area contributed by atoms with E-state index in [0.29, 0.717) is 11.3 Å². The van der Waals surface area contributed by atoms with E-state index in [-0.39, 0.29) is 18.1 Å². The van der Waals surface area contributed by atoms with Crippen molar-refractivity contribution in [3.05, 3.63) is 54.1 Å². The zero-order valence-electron chi connectivity index (χ0n) is 15.5. The number of carbonyl (C=O) groups excluding carboxylic acids is 1. The molecule has 1 atom stereocenters. The maximum Gasteiger partial charge on any atom is 0.306 e. The van der Waals surface area contributed by atoms with Crippen LogP contribution in [0.15, 0.2) is 53.4 Å². The molecule has 1 amide bonds. The van der Waals surface area contributed by atoms with Crippen LogP contribution in [0, 0.1) is 0 Å². The molecule has 0 aliphatic carbocycles. The van der Waals surface area contributed by atoms with Gasteiger partial charge in [0.15, 0.2) is 0 Å². The van der Waals surface area contributed by atoms with E-state index in [4.69, 9.17) is 9.47 Å². The van der Waals surface area contributed by atoms with Gasteiger partial charge >= 0.3 is 5.97 Å². The number of thioether (sulfide) groups is 1. The summed E-state index contributed by atoms with van der Waals surface area (Å²) in [6.07, 6.45) is -0.237. The summed E-state index contributed by atoms with van der Waals surface area (Å²) in [4.78, 5) is 24.8. The van der Waals surface area contributed by atoms with Crippen molar-refractivity contribution in [2.45, 2.75) is 23.8 Å². The van der Waals surface area contributed by atoms with Crippen molar-refractivity contribution in [3.63, 3.8) is 0 Å². The molecule has 0 aliphatic rings. The van der Waals surface area contributed by atoms with Gasteiger partial charge in [-0.25, -0.2) is 0 Å². The molecule has 2 aromatic carbocycles. The van der Waals surface area contributed by atoms with Gasteiger partial charge in [-0.3, -0.25) is 9.59 Å². The average molecular weight is 389 g/mol. The van der Waals surface area contributed by atoms with E-state index in [2.05, 4.69) is 5.32 Å². The lowest BCUT2D eigenvalue weighted by atomic mass is 9.88. The summed E-state index contributed by atoms with van der Waals surface area (Å²) in [5.41, 5.74) is -0.371. The molecule has 0 aliphatic heterocycles. The first-order valence-corrected chi connectivity index (χ1v) is 9.29. The topological polar surface area (TPSA) is 84.9 Å². The highest BCUT2D eigenvalue weighted by Gasteiger charge is 2.31. The van der Waals surface area contributed by atoms with Crippen LogP contribution in [0.3, 0.4) is 0 Å². The molecule has 0 heterocycles. The third kappa shape index (κ3) is 5.92. The lowest BCUT2D eigenvalue weighted by Gasteiger charge is -2.30. The van der Waals surface area contributed by atoms with Gasteiger partial charge in [-0.05, 0) is 48.9 Å². The van der Waals surface area contributed by atoms with Crippen LogP contribution < -0.4 is 14.8 Å². The van der Waals surface area contributed by atoms with Crippen LogP contribution in [0.1, 0.15) is 18.9 Å². The molecular weight excluding hydrogens is 366 g/mol.